The van der Waals surface area contributed by atoms with Gasteiger partial charge in [-0.3, -0.25) is 9.59 Å². The van der Waals surface area contributed by atoms with Gasteiger partial charge >= 0.3 is 0 Å². The van der Waals surface area contributed by atoms with Gasteiger partial charge in [-0.05, 0) is 54.1 Å². The first-order chi connectivity index (χ1) is 17.1. The molecule has 0 bridgehead atoms. The van der Waals surface area contributed by atoms with Gasteiger partial charge < -0.3 is 10.6 Å². The zero-order chi connectivity index (χ0) is 24.0. The number of aromatic nitrogens is 2. The Morgan fingerprint density at radius 2 is 1.34 bits per heavy atom. The zero-order valence-corrected chi connectivity index (χ0v) is 20.1. The standard InChI is InChI=1S/C27H20N4O2S2/c32-24(12-14-26-30-20-8-1-3-10-22(20)34-26)28-17-18-6-5-7-19(16-18)29-25(33)13-15-27-31-21-9-2-4-11-23(21)35-27/h1-16H,17H2,(H,28,32)(H,29,33)/b14-12+,15-13+. The van der Waals surface area contributed by atoms with Crippen LogP contribution in [0.15, 0.2) is 84.9 Å². The van der Waals surface area contributed by atoms with Crippen LogP contribution in [0.25, 0.3) is 32.6 Å². The maximum absolute atomic E-state index is 12.4. The number of thiazole rings is 2. The van der Waals surface area contributed by atoms with E-state index in [2.05, 4.69) is 20.6 Å². The van der Waals surface area contributed by atoms with E-state index in [1.165, 1.54) is 34.8 Å². The molecular formula is C27H20N4O2S2. The Labute approximate surface area is 209 Å². The Morgan fingerprint density at radius 3 is 1.97 bits per heavy atom. The molecule has 0 fully saturated rings. The topological polar surface area (TPSA) is 84.0 Å². The molecule has 0 aliphatic heterocycles. The minimum absolute atomic E-state index is 0.211. The van der Waals surface area contributed by atoms with E-state index >= 15 is 0 Å². The molecule has 35 heavy (non-hydrogen) atoms. The molecule has 8 heteroatoms. The lowest BCUT2D eigenvalue weighted by Crippen LogP contribution is -2.20. The molecule has 2 heterocycles. The highest BCUT2D eigenvalue weighted by Crippen LogP contribution is 2.23. The van der Waals surface area contributed by atoms with E-state index in [1.54, 1.807) is 12.2 Å². The number of hydrogen-bond acceptors (Lipinski definition) is 6. The first-order valence-corrected chi connectivity index (χ1v) is 12.5. The number of nitrogens with zero attached hydrogens (tertiary/aromatic N) is 2. The predicted molar refractivity (Wildman–Crippen MR) is 144 cm³/mol. The quantitative estimate of drug-likeness (QED) is 0.275. The molecule has 172 valence electrons. The molecule has 0 aliphatic rings. The van der Waals surface area contributed by atoms with E-state index < -0.39 is 0 Å². The Morgan fingerprint density at radius 1 is 0.743 bits per heavy atom. The Kier molecular flexibility index (Phi) is 6.74. The first kappa shape index (κ1) is 22.6. The van der Waals surface area contributed by atoms with Crippen LogP contribution < -0.4 is 10.6 Å². The zero-order valence-electron chi connectivity index (χ0n) is 18.5. The highest BCUT2D eigenvalue weighted by Gasteiger charge is 2.04. The van der Waals surface area contributed by atoms with Crippen LogP contribution in [0.3, 0.4) is 0 Å². The van der Waals surface area contributed by atoms with Crippen molar-refractivity contribution in [2.75, 3.05) is 5.32 Å². The highest BCUT2D eigenvalue weighted by molar-refractivity contribution is 7.19. The number of para-hydroxylation sites is 2. The highest BCUT2D eigenvalue weighted by atomic mass is 32.1. The van der Waals surface area contributed by atoms with Gasteiger partial charge in [0.15, 0.2) is 0 Å². The normalized spacial score (nSPS) is 11.5. The summed E-state index contributed by atoms with van der Waals surface area (Å²) in [5.41, 5.74) is 3.37. The first-order valence-electron chi connectivity index (χ1n) is 10.9. The second-order valence-electron chi connectivity index (χ2n) is 7.61. The third-order valence-corrected chi connectivity index (χ3v) is 7.04. The second-order valence-corrected chi connectivity index (χ2v) is 9.74. The van der Waals surface area contributed by atoms with Crippen molar-refractivity contribution < 1.29 is 9.59 Å². The van der Waals surface area contributed by atoms with Crippen molar-refractivity contribution in [2.24, 2.45) is 0 Å². The maximum Gasteiger partial charge on any atom is 0.248 e. The van der Waals surface area contributed by atoms with Crippen LogP contribution >= 0.6 is 22.7 Å². The molecule has 2 N–H and O–H groups in total. The van der Waals surface area contributed by atoms with Crippen LogP contribution in [0, 0.1) is 0 Å². The van der Waals surface area contributed by atoms with Crippen molar-refractivity contribution in [1.29, 1.82) is 0 Å². The minimum atomic E-state index is -0.246. The van der Waals surface area contributed by atoms with Crippen molar-refractivity contribution >= 4 is 72.8 Å². The summed E-state index contributed by atoms with van der Waals surface area (Å²) in [6, 6.07) is 23.1. The van der Waals surface area contributed by atoms with Gasteiger partial charge in [-0.25, -0.2) is 9.97 Å². The number of anilines is 1. The van der Waals surface area contributed by atoms with E-state index in [0.717, 1.165) is 36.0 Å². The molecule has 5 aromatic rings. The van der Waals surface area contributed by atoms with Gasteiger partial charge in [0.2, 0.25) is 11.8 Å². The van der Waals surface area contributed by atoms with Crippen molar-refractivity contribution in [3.8, 4) is 0 Å². The number of rotatable bonds is 7. The molecule has 2 amide bonds. The van der Waals surface area contributed by atoms with Crippen LogP contribution in [0.1, 0.15) is 15.6 Å². The van der Waals surface area contributed by atoms with Crippen molar-refractivity contribution in [3.63, 3.8) is 0 Å². The number of amides is 2. The molecule has 0 spiro atoms. The average molecular weight is 497 g/mol. The minimum Gasteiger partial charge on any atom is -0.348 e. The average Bonchev–Trinajstić information content (AvgIpc) is 3.48. The molecule has 6 nitrogen and oxygen atoms in total. The van der Waals surface area contributed by atoms with Crippen molar-refractivity contribution in [1.82, 2.24) is 15.3 Å². The molecular weight excluding hydrogens is 476 g/mol. The van der Waals surface area contributed by atoms with E-state index in [0.29, 0.717) is 12.2 Å². The molecule has 0 saturated carbocycles. The van der Waals surface area contributed by atoms with Crippen LogP contribution in [0.4, 0.5) is 5.69 Å². The molecule has 0 aliphatic carbocycles. The summed E-state index contributed by atoms with van der Waals surface area (Å²) in [6.07, 6.45) is 6.38. The van der Waals surface area contributed by atoms with Crippen molar-refractivity contribution in [3.05, 3.63) is 101 Å². The maximum atomic E-state index is 12.4. The summed E-state index contributed by atoms with van der Waals surface area (Å²) in [7, 11) is 0. The lowest BCUT2D eigenvalue weighted by atomic mass is 10.2. The summed E-state index contributed by atoms with van der Waals surface area (Å²) in [5.74, 6) is -0.457. The fourth-order valence-corrected chi connectivity index (χ4v) is 5.15. The van der Waals surface area contributed by atoms with Gasteiger partial charge in [0.05, 0.1) is 20.4 Å². The van der Waals surface area contributed by atoms with Crippen molar-refractivity contribution in [2.45, 2.75) is 6.54 Å². The Bertz CT molecular complexity index is 1520. The summed E-state index contributed by atoms with van der Waals surface area (Å²) < 4.78 is 2.17. The second kappa shape index (κ2) is 10.4. The fourth-order valence-electron chi connectivity index (χ4n) is 3.41. The van der Waals surface area contributed by atoms with E-state index in [4.69, 9.17) is 0 Å². The number of nitrogens with one attached hydrogen (secondary N) is 2. The molecule has 2 aromatic heterocycles. The SMILES string of the molecule is O=C(/C=C/c1nc2ccccc2s1)NCc1cccc(NC(=O)/C=C/c2nc3ccccc3s2)c1. The predicted octanol–water partition coefficient (Wildman–Crippen LogP) is 5.89. The van der Waals surface area contributed by atoms with Gasteiger partial charge in [-0.15, -0.1) is 22.7 Å². The fraction of sp³-hybridized carbons (Fsp3) is 0.0370. The van der Waals surface area contributed by atoms with Crippen LogP contribution in [0.5, 0.6) is 0 Å². The third-order valence-electron chi connectivity index (χ3n) is 5.04. The van der Waals surface area contributed by atoms with Gasteiger partial charge in [-0.1, -0.05) is 36.4 Å². The van der Waals surface area contributed by atoms with Gasteiger partial charge in [0.1, 0.15) is 10.0 Å². The number of carbonyl (C=O) groups is 2. The summed E-state index contributed by atoms with van der Waals surface area (Å²) in [5, 5.41) is 7.27. The largest absolute Gasteiger partial charge is 0.348 e. The van der Waals surface area contributed by atoms with Gasteiger partial charge in [0, 0.05) is 24.4 Å². The van der Waals surface area contributed by atoms with Crippen LogP contribution in [0.2, 0.25) is 0 Å². The Hall–Kier alpha value is -4.14. The van der Waals surface area contributed by atoms with Crippen LogP contribution in [-0.2, 0) is 16.1 Å². The summed E-state index contributed by atoms with van der Waals surface area (Å²) >= 11 is 3.07. The molecule has 0 atom stereocenters. The van der Waals surface area contributed by atoms with E-state index in [1.807, 2.05) is 72.8 Å². The van der Waals surface area contributed by atoms with E-state index in [9.17, 15) is 9.59 Å². The van der Waals surface area contributed by atoms with Gasteiger partial charge in [-0.2, -0.15) is 0 Å². The number of hydrogen-bond donors (Lipinski definition) is 2. The number of benzene rings is 3. The smallest absolute Gasteiger partial charge is 0.248 e. The molecule has 0 saturated heterocycles. The summed E-state index contributed by atoms with van der Waals surface area (Å²) in [4.78, 5) is 33.6. The molecule has 5 rings (SSSR count). The molecule has 3 aromatic carbocycles. The lowest BCUT2D eigenvalue weighted by molar-refractivity contribution is -0.116. The monoisotopic (exact) mass is 496 g/mol. The molecule has 0 radical (unpaired) electrons. The number of carbonyl (C=O) groups excluding carboxylic acids is 2. The van der Waals surface area contributed by atoms with E-state index in [-0.39, 0.29) is 11.8 Å². The summed E-state index contributed by atoms with van der Waals surface area (Å²) in [6.45, 7) is 0.342. The van der Waals surface area contributed by atoms with Crippen LogP contribution in [-0.4, -0.2) is 21.8 Å². The lowest BCUT2D eigenvalue weighted by Gasteiger charge is -2.06. The number of fused-ring (bicyclic) bond motifs is 2. The van der Waals surface area contributed by atoms with Gasteiger partial charge in [0.25, 0.3) is 0 Å². The third kappa shape index (κ3) is 5.87. The molecule has 0 unspecified atom stereocenters. The Balaban J connectivity index is 1.14.